The number of ether oxygens (including phenoxy) is 1. The molecule has 4 rings (SSSR count). The second-order valence-electron chi connectivity index (χ2n) is 8.94. The average Bonchev–Trinajstić information content (AvgIpc) is 2.84. The van der Waals surface area contributed by atoms with Crippen molar-refractivity contribution in [3.05, 3.63) is 59.7 Å². The van der Waals surface area contributed by atoms with Gasteiger partial charge in [0.15, 0.2) is 0 Å². The first kappa shape index (κ1) is 25.0. The Bertz CT molecular complexity index is 1160. The number of fused-ring (bicyclic) bond motifs is 3. The second-order valence-corrected chi connectivity index (χ2v) is 10.3. The maximum atomic E-state index is 10.0. The van der Waals surface area contributed by atoms with Crippen LogP contribution in [0.4, 0.5) is 0 Å². The Morgan fingerprint density at radius 1 is 1.18 bits per heavy atom. The van der Waals surface area contributed by atoms with Crippen LogP contribution in [0.25, 0.3) is 21.5 Å². The molecule has 3 aromatic rings. The number of nitriles is 1. The topological polar surface area (TPSA) is 75.0 Å². The van der Waals surface area contributed by atoms with E-state index in [4.69, 9.17) is 19.0 Å². The van der Waals surface area contributed by atoms with Gasteiger partial charge in [-0.25, -0.2) is 4.67 Å². The third-order valence-electron chi connectivity index (χ3n) is 6.29. The van der Waals surface area contributed by atoms with Crippen molar-refractivity contribution >= 4 is 30.1 Å². The third kappa shape index (κ3) is 5.42. The van der Waals surface area contributed by atoms with E-state index in [1.807, 2.05) is 0 Å². The van der Waals surface area contributed by atoms with Crippen molar-refractivity contribution in [2.45, 2.75) is 58.4 Å². The monoisotopic (exact) mass is 480 g/mol. The molecule has 3 atom stereocenters. The molecule has 1 heterocycles. The zero-order chi connectivity index (χ0) is 24.1. The van der Waals surface area contributed by atoms with Crippen molar-refractivity contribution < 1.29 is 18.9 Å². The van der Waals surface area contributed by atoms with Gasteiger partial charge in [0.25, 0.3) is 8.53 Å². The van der Waals surface area contributed by atoms with Gasteiger partial charge in [0.1, 0.15) is 0 Å². The Kier molecular flexibility index (Phi) is 8.50. The third-order valence-corrected chi connectivity index (χ3v) is 8.35. The van der Waals surface area contributed by atoms with Crippen molar-refractivity contribution in [2.24, 2.45) is 0 Å². The predicted molar refractivity (Wildman–Crippen MR) is 136 cm³/mol. The summed E-state index contributed by atoms with van der Waals surface area (Å²) in [6, 6.07) is 19.6. The van der Waals surface area contributed by atoms with E-state index in [-0.39, 0.29) is 18.7 Å². The standard InChI is InChI=1S/C27H33N2O4P/c1-19(2)29-20(3)21-9-10-23-15-22-7-4-5-8-25(22)27(26(23)16-21)18-31-14-11-24(17-30)33-34(29)32-13-6-12-28/h4-5,7-10,15-16,19-20,24,30H,6,11,13-14,17-18H2,1-3H3. The molecule has 0 saturated heterocycles. The van der Waals surface area contributed by atoms with Gasteiger partial charge in [-0.3, -0.25) is 0 Å². The zero-order valence-corrected chi connectivity index (χ0v) is 21.0. The lowest BCUT2D eigenvalue weighted by Crippen LogP contribution is -2.32. The summed E-state index contributed by atoms with van der Waals surface area (Å²) in [5.74, 6) is 0. The highest BCUT2D eigenvalue weighted by Gasteiger charge is 2.32. The van der Waals surface area contributed by atoms with E-state index >= 15 is 0 Å². The molecule has 1 aliphatic heterocycles. The smallest absolute Gasteiger partial charge is 0.259 e. The highest BCUT2D eigenvalue weighted by atomic mass is 31.2. The molecule has 0 spiro atoms. The van der Waals surface area contributed by atoms with Crippen LogP contribution in [-0.2, 0) is 20.4 Å². The van der Waals surface area contributed by atoms with E-state index < -0.39 is 14.6 Å². The van der Waals surface area contributed by atoms with Crippen LogP contribution in [0.2, 0.25) is 0 Å². The molecular formula is C27H33N2O4P. The van der Waals surface area contributed by atoms with Gasteiger partial charge in [0.2, 0.25) is 0 Å². The molecule has 34 heavy (non-hydrogen) atoms. The van der Waals surface area contributed by atoms with Gasteiger partial charge in [-0.05, 0) is 72.0 Å². The van der Waals surface area contributed by atoms with E-state index in [9.17, 15) is 5.11 Å². The minimum Gasteiger partial charge on any atom is -0.394 e. The zero-order valence-electron chi connectivity index (χ0n) is 20.1. The number of nitrogens with zero attached hydrogens (tertiary/aromatic N) is 2. The van der Waals surface area contributed by atoms with Gasteiger partial charge < -0.3 is 18.9 Å². The van der Waals surface area contributed by atoms with Crippen LogP contribution in [0.5, 0.6) is 0 Å². The fourth-order valence-electron chi connectivity index (χ4n) is 4.53. The molecule has 0 amide bonds. The minimum atomic E-state index is -1.49. The van der Waals surface area contributed by atoms with Gasteiger partial charge in [-0.2, -0.15) is 5.26 Å². The Morgan fingerprint density at radius 2 is 1.97 bits per heavy atom. The Labute approximate surface area is 203 Å². The summed E-state index contributed by atoms with van der Waals surface area (Å²) in [6.45, 7) is 7.55. The van der Waals surface area contributed by atoms with Crippen LogP contribution in [0.3, 0.4) is 0 Å². The molecule has 180 valence electrons. The first-order valence-corrected chi connectivity index (χ1v) is 13.0. The van der Waals surface area contributed by atoms with E-state index in [1.54, 1.807) is 0 Å². The first-order valence-electron chi connectivity index (χ1n) is 11.9. The minimum absolute atomic E-state index is 0.0120. The van der Waals surface area contributed by atoms with Crippen LogP contribution in [-0.4, -0.2) is 41.7 Å². The second kappa shape index (κ2) is 11.6. The lowest BCUT2D eigenvalue weighted by Gasteiger charge is -2.38. The molecule has 0 radical (unpaired) electrons. The Hall–Kier alpha value is -2.10. The highest BCUT2D eigenvalue weighted by Crippen LogP contribution is 2.51. The number of aliphatic hydroxyl groups excluding tert-OH is 1. The summed E-state index contributed by atoms with van der Waals surface area (Å²) in [4.78, 5) is 0. The molecule has 2 bridgehead atoms. The van der Waals surface area contributed by atoms with Gasteiger partial charge in [-0.15, -0.1) is 0 Å². The van der Waals surface area contributed by atoms with Crippen LogP contribution in [0, 0.1) is 11.3 Å². The predicted octanol–water partition coefficient (Wildman–Crippen LogP) is 6.22. The largest absolute Gasteiger partial charge is 0.394 e. The van der Waals surface area contributed by atoms with Crippen molar-refractivity contribution in [2.75, 3.05) is 19.8 Å². The molecule has 0 saturated carbocycles. The average molecular weight is 481 g/mol. The Balaban J connectivity index is 1.83. The molecule has 1 N–H and O–H groups in total. The van der Waals surface area contributed by atoms with Crippen LogP contribution in [0.1, 0.15) is 50.8 Å². The van der Waals surface area contributed by atoms with Gasteiger partial charge in [-0.1, -0.05) is 36.4 Å². The van der Waals surface area contributed by atoms with Gasteiger partial charge in [0.05, 0.1) is 38.4 Å². The lowest BCUT2D eigenvalue weighted by molar-refractivity contribution is 0.0440. The number of hydrogen-bond acceptors (Lipinski definition) is 6. The molecule has 3 unspecified atom stereocenters. The summed E-state index contributed by atoms with van der Waals surface area (Å²) < 4.78 is 20.8. The molecule has 6 nitrogen and oxygen atoms in total. The van der Waals surface area contributed by atoms with Crippen molar-refractivity contribution in [1.82, 2.24) is 4.67 Å². The summed E-state index contributed by atoms with van der Waals surface area (Å²) in [5.41, 5.74) is 2.35. The highest BCUT2D eigenvalue weighted by molar-refractivity contribution is 7.44. The number of aliphatic hydroxyl groups is 1. The molecule has 3 aromatic carbocycles. The normalized spacial score (nSPS) is 22.4. The molecule has 7 heteroatoms. The fourth-order valence-corrected chi connectivity index (χ4v) is 6.30. The number of hydrogen-bond donors (Lipinski definition) is 1. The summed E-state index contributed by atoms with van der Waals surface area (Å²) in [5, 5.41) is 23.8. The molecule has 0 aliphatic carbocycles. The van der Waals surface area contributed by atoms with Crippen molar-refractivity contribution in [1.29, 1.82) is 5.26 Å². The van der Waals surface area contributed by atoms with Crippen LogP contribution < -0.4 is 0 Å². The van der Waals surface area contributed by atoms with E-state index in [2.05, 4.69) is 80.0 Å². The molecule has 0 fully saturated rings. The molecule has 1 aliphatic rings. The Morgan fingerprint density at radius 3 is 2.74 bits per heavy atom. The first-order chi connectivity index (χ1) is 16.5. The number of rotatable bonds is 5. The lowest BCUT2D eigenvalue weighted by atomic mass is 9.94. The van der Waals surface area contributed by atoms with Crippen molar-refractivity contribution in [3.8, 4) is 6.07 Å². The molecular weight excluding hydrogens is 447 g/mol. The maximum absolute atomic E-state index is 10.0. The van der Waals surface area contributed by atoms with Gasteiger partial charge >= 0.3 is 0 Å². The quantitative estimate of drug-likeness (QED) is 0.265. The fraction of sp³-hybridized carbons (Fsp3) is 0.444. The SMILES string of the molecule is CC(C)N1C(C)c2ccc3cc4ccccc4c(c3c2)COCCC(CO)OP1OCCC#N. The van der Waals surface area contributed by atoms with E-state index in [0.29, 0.717) is 32.7 Å². The molecule has 0 aromatic heterocycles. The van der Waals surface area contributed by atoms with E-state index in [0.717, 1.165) is 5.56 Å². The summed E-state index contributed by atoms with van der Waals surface area (Å²) >= 11 is 0. The maximum Gasteiger partial charge on any atom is 0.259 e. The van der Waals surface area contributed by atoms with E-state index in [1.165, 1.54) is 27.1 Å². The van der Waals surface area contributed by atoms with Gasteiger partial charge in [0, 0.05) is 18.7 Å². The number of benzene rings is 3. The van der Waals surface area contributed by atoms with Crippen molar-refractivity contribution in [3.63, 3.8) is 0 Å². The van der Waals surface area contributed by atoms with Crippen LogP contribution >= 0.6 is 8.53 Å². The summed E-state index contributed by atoms with van der Waals surface area (Å²) in [6.07, 6.45) is 0.447. The summed E-state index contributed by atoms with van der Waals surface area (Å²) in [7, 11) is -1.49. The van der Waals surface area contributed by atoms with Crippen LogP contribution in [0.15, 0.2) is 48.5 Å².